The van der Waals surface area contributed by atoms with Crippen LogP contribution in [-0.2, 0) is 13.1 Å². The number of rotatable bonds is 5. The molecule has 2 aromatic rings. The lowest BCUT2D eigenvalue weighted by Gasteiger charge is -2.07. The third-order valence-electron chi connectivity index (χ3n) is 2.70. The molecule has 0 aliphatic carbocycles. The Kier molecular flexibility index (Phi) is 4.41. The van der Waals surface area contributed by atoms with E-state index in [2.05, 4.69) is 10.3 Å². The van der Waals surface area contributed by atoms with E-state index in [0.717, 1.165) is 5.56 Å². The van der Waals surface area contributed by atoms with E-state index < -0.39 is 11.6 Å². The molecule has 2 rings (SSSR count). The molecule has 100 valence electrons. The highest BCUT2D eigenvalue weighted by Crippen LogP contribution is 2.12. The van der Waals surface area contributed by atoms with E-state index >= 15 is 0 Å². The molecule has 5 heteroatoms. The van der Waals surface area contributed by atoms with Crippen molar-refractivity contribution in [1.82, 2.24) is 10.3 Å². The van der Waals surface area contributed by atoms with E-state index in [1.54, 1.807) is 19.4 Å². The number of pyridine rings is 1. The summed E-state index contributed by atoms with van der Waals surface area (Å²) in [4.78, 5) is 4.05. The summed E-state index contributed by atoms with van der Waals surface area (Å²) in [6, 6.07) is 7.42. The van der Waals surface area contributed by atoms with Gasteiger partial charge in [0.15, 0.2) is 0 Å². The number of hydrogen-bond acceptors (Lipinski definition) is 3. The predicted octanol–water partition coefficient (Wildman–Crippen LogP) is 2.66. The van der Waals surface area contributed by atoms with E-state index in [0.29, 0.717) is 12.4 Å². The monoisotopic (exact) mass is 264 g/mol. The second-order valence-corrected chi connectivity index (χ2v) is 4.01. The van der Waals surface area contributed by atoms with Gasteiger partial charge in [0, 0.05) is 30.9 Å². The Hall–Kier alpha value is -2.01. The van der Waals surface area contributed by atoms with Gasteiger partial charge in [0.05, 0.1) is 7.11 Å². The molecule has 0 fully saturated rings. The molecule has 0 unspecified atom stereocenters. The Bertz CT molecular complexity index is 523. The molecule has 1 aromatic carbocycles. The van der Waals surface area contributed by atoms with Gasteiger partial charge in [-0.15, -0.1) is 0 Å². The molecule has 1 aromatic heterocycles. The van der Waals surface area contributed by atoms with Crippen LogP contribution in [0.4, 0.5) is 8.78 Å². The van der Waals surface area contributed by atoms with Gasteiger partial charge in [-0.1, -0.05) is 12.1 Å². The Morgan fingerprint density at radius 2 is 1.84 bits per heavy atom. The van der Waals surface area contributed by atoms with Crippen molar-refractivity contribution in [3.63, 3.8) is 0 Å². The average Bonchev–Trinajstić information content (AvgIpc) is 2.43. The molecule has 1 heterocycles. The number of aromatic nitrogens is 1. The van der Waals surface area contributed by atoms with Crippen molar-refractivity contribution in [2.45, 2.75) is 13.1 Å². The summed E-state index contributed by atoms with van der Waals surface area (Å²) in [7, 11) is 1.54. The molecule has 19 heavy (non-hydrogen) atoms. The van der Waals surface area contributed by atoms with Crippen LogP contribution in [0.3, 0.4) is 0 Å². The number of methoxy groups -OCH3 is 1. The van der Waals surface area contributed by atoms with Crippen molar-refractivity contribution < 1.29 is 13.5 Å². The fourth-order valence-electron chi connectivity index (χ4n) is 1.67. The summed E-state index contributed by atoms with van der Waals surface area (Å²) in [5.41, 5.74) is 0.960. The number of benzene rings is 1. The Balaban J connectivity index is 1.92. The standard InChI is InChI=1S/C14H14F2N2O/c1-19-14-6-5-10(8-18-14)7-17-9-11-12(15)3-2-4-13(11)16/h2-6,8,17H,7,9H2,1H3. The van der Waals surface area contributed by atoms with Gasteiger partial charge in [0.2, 0.25) is 5.88 Å². The quantitative estimate of drug-likeness (QED) is 0.901. The number of ether oxygens (including phenoxy) is 1. The maximum Gasteiger partial charge on any atom is 0.212 e. The number of nitrogens with one attached hydrogen (secondary N) is 1. The highest BCUT2D eigenvalue weighted by atomic mass is 19.1. The third kappa shape index (κ3) is 3.48. The van der Waals surface area contributed by atoms with Crippen LogP contribution in [-0.4, -0.2) is 12.1 Å². The van der Waals surface area contributed by atoms with Gasteiger partial charge >= 0.3 is 0 Å². The van der Waals surface area contributed by atoms with Crippen LogP contribution in [0.15, 0.2) is 36.5 Å². The van der Waals surface area contributed by atoms with Crippen LogP contribution in [0.1, 0.15) is 11.1 Å². The van der Waals surface area contributed by atoms with E-state index in [9.17, 15) is 8.78 Å². The van der Waals surface area contributed by atoms with E-state index in [4.69, 9.17) is 4.74 Å². The largest absolute Gasteiger partial charge is 0.481 e. The summed E-state index contributed by atoms with van der Waals surface area (Å²) in [5, 5.41) is 2.98. The lowest BCUT2D eigenvalue weighted by molar-refractivity contribution is 0.397. The van der Waals surface area contributed by atoms with E-state index in [1.165, 1.54) is 18.2 Å². The van der Waals surface area contributed by atoms with Crippen molar-refractivity contribution in [2.75, 3.05) is 7.11 Å². The van der Waals surface area contributed by atoms with Gasteiger partial charge in [-0.2, -0.15) is 0 Å². The van der Waals surface area contributed by atoms with Crippen molar-refractivity contribution in [3.8, 4) is 5.88 Å². The summed E-state index contributed by atoms with van der Waals surface area (Å²) in [6.45, 7) is 0.606. The number of hydrogen-bond donors (Lipinski definition) is 1. The average molecular weight is 264 g/mol. The van der Waals surface area contributed by atoms with Gasteiger partial charge < -0.3 is 10.1 Å². The first-order valence-electron chi connectivity index (χ1n) is 5.83. The SMILES string of the molecule is COc1ccc(CNCc2c(F)cccc2F)cn1. The smallest absolute Gasteiger partial charge is 0.212 e. The molecule has 0 saturated heterocycles. The first kappa shape index (κ1) is 13.4. The van der Waals surface area contributed by atoms with Crippen LogP contribution in [0.25, 0.3) is 0 Å². The van der Waals surface area contributed by atoms with Crippen molar-refractivity contribution >= 4 is 0 Å². The Morgan fingerprint density at radius 3 is 2.42 bits per heavy atom. The fraction of sp³-hybridized carbons (Fsp3) is 0.214. The highest BCUT2D eigenvalue weighted by Gasteiger charge is 2.07. The number of halogens is 2. The molecule has 0 aliphatic heterocycles. The summed E-state index contributed by atoms with van der Waals surface area (Å²) in [5.74, 6) is -0.551. The molecule has 0 aliphatic rings. The molecule has 0 radical (unpaired) electrons. The van der Waals surface area contributed by atoms with Gasteiger partial charge in [0.25, 0.3) is 0 Å². The van der Waals surface area contributed by atoms with Crippen molar-refractivity contribution in [1.29, 1.82) is 0 Å². The molecular formula is C14H14F2N2O. The van der Waals surface area contributed by atoms with Gasteiger partial charge in [-0.25, -0.2) is 13.8 Å². The second-order valence-electron chi connectivity index (χ2n) is 4.01. The Morgan fingerprint density at radius 1 is 1.11 bits per heavy atom. The summed E-state index contributed by atoms with van der Waals surface area (Å²) < 4.78 is 31.7. The van der Waals surface area contributed by atoms with E-state index in [-0.39, 0.29) is 12.1 Å². The first-order chi connectivity index (χ1) is 9.20. The highest BCUT2D eigenvalue weighted by molar-refractivity contribution is 5.20. The minimum atomic E-state index is -0.541. The van der Waals surface area contributed by atoms with E-state index in [1.807, 2.05) is 6.07 Å². The molecule has 0 atom stereocenters. The lowest BCUT2D eigenvalue weighted by atomic mass is 10.2. The normalized spacial score (nSPS) is 10.5. The van der Waals surface area contributed by atoms with Gasteiger partial charge in [-0.05, 0) is 17.7 Å². The zero-order valence-electron chi connectivity index (χ0n) is 10.5. The molecule has 0 spiro atoms. The van der Waals surface area contributed by atoms with Crippen LogP contribution in [0.5, 0.6) is 5.88 Å². The van der Waals surface area contributed by atoms with Gasteiger partial charge in [0.1, 0.15) is 11.6 Å². The lowest BCUT2D eigenvalue weighted by Crippen LogP contribution is -2.15. The predicted molar refractivity (Wildman–Crippen MR) is 67.7 cm³/mol. The minimum absolute atomic E-state index is 0.0453. The molecular weight excluding hydrogens is 250 g/mol. The maximum atomic E-state index is 13.4. The van der Waals surface area contributed by atoms with Crippen LogP contribution < -0.4 is 10.1 Å². The minimum Gasteiger partial charge on any atom is -0.481 e. The zero-order chi connectivity index (χ0) is 13.7. The topological polar surface area (TPSA) is 34.1 Å². The van der Waals surface area contributed by atoms with Crippen molar-refractivity contribution in [3.05, 3.63) is 59.3 Å². The summed E-state index contributed by atoms with van der Waals surface area (Å²) >= 11 is 0. The summed E-state index contributed by atoms with van der Waals surface area (Å²) in [6.07, 6.45) is 1.66. The first-order valence-corrected chi connectivity index (χ1v) is 5.83. The number of nitrogens with zero attached hydrogens (tertiary/aromatic N) is 1. The zero-order valence-corrected chi connectivity index (χ0v) is 10.5. The van der Waals surface area contributed by atoms with Crippen LogP contribution in [0.2, 0.25) is 0 Å². The Labute approximate surface area is 110 Å². The van der Waals surface area contributed by atoms with Gasteiger partial charge in [-0.3, -0.25) is 0 Å². The molecule has 1 N–H and O–H groups in total. The fourth-order valence-corrected chi connectivity index (χ4v) is 1.67. The molecule has 0 saturated carbocycles. The molecule has 0 amide bonds. The van der Waals surface area contributed by atoms with Crippen LogP contribution >= 0.6 is 0 Å². The molecule has 3 nitrogen and oxygen atoms in total. The van der Waals surface area contributed by atoms with Crippen molar-refractivity contribution in [2.24, 2.45) is 0 Å². The second kappa shape index (κ2) is 6.24. The molecule has 0 bridgehead atoms. The maximum absolute atomic E-state index is 13.4. The van der Waals surface area contributed by atoms with Crippen LogP contribution in [0, 0.1) is 11.6 Å². The third-order valence-corrected chi connectivity index (χ3v) is 2.70.